The molecule has 1 amide bonds. The number of nitrogens with zero attached hydrogens (tertiary/aromatic N) is 2. The van der Waals surface area contributed by atoms with E-state index in [9.17, 15) is 4.79 Å². The number of aryl methyl sites for hydroxylation is 1. The first kappa shape index (κ1) is 21.2. The number of carbonyl (C=O) groups excluding carboxylic acids is 1. The van der Waals surface area contributed by atoms with E-state index < -0.39 is 0 Å². The van der Waals surface area contributed by atoms with Crippen LogP contribution in [0, 0.1) is 6.92 Å². The summed E-state index contributed by atoms with van der Waals surface area (Å²) >= 11 is 6.32. The van der Waals surface area contributed by atoms with Crippen LogP contribution in [-0.2, 0) is 0 Å². The molecular weight excluding hydrogens is 414 g/mol. The van der Waals surface area contributed by atoms with Gasteiger partial charge in [0.2, 0.25) is 0 Å². The summed E-state index contributed by atoms with van der Waals surface area (Å²) < 4.78 is 10.9. The maximum Gasteiger partial charge on any atom is 0.272 e. The summed E-state index contributed by atoms with van der Waals surface area (Å²) in [5.41, 5.74) is 3.64. The number of piperidine rings is 1. The molecule has 1 saturated heterocycles. The summed E-state index contributed by atoms with van der Waals surface area (Å²) in [6.45, 7) is 3.49. The maximum absolute atomic E-state index is 13.2. The lowest BCUT2D eigenvalue weighted by Crippen LogP contribution is -2.36. The Kier molecular flexibility index (Phi) is 6.18. The van der Waals surface area contributed by atoms with Gasteiger partial charge in [0, 0.05) is 35.3 Å². The van der Waals surface area contributed by atoms with Crippen LogP contribution in [0.3, 0.4) is 0 Å². The summed E-state index contributed by atoms with van der Waals surface area (Å²) in [4.78, 5) is 19.7. The predicted molar refractivity (Wildman–Crippen MR) is 124 cm³/mol. The number of hydrogen-bond donors (Lipinski definition) is 1. The Labute approximate surface area is 187 Å². The zero-order valence-corrected chi connectivity index (χ0v) is 18.8. The van der Waals surface area contributed by atoms with Gasteiger partial charge < -0.3 is 19.7 Å². The largest absolute Gasteiger partial charge is 0.493 e. The highest BCUT2D eigenvalue weighted by molar-refractivity contribution is 6.31. The van der Waals surface area contributed by atoms with E-state index in [4.69, 9.17) is 21.1 Å². The molecule has 1 N–H and O–H groups in total. The van der Waals surface area contributed by atoms with Gasteiger partial charge in [-0.25, -0.2) is 4.98 Å². The third-order valence-electron chi connectivity index (χ3n) is 5.63. The summed E-state index contributed by atoms with van der Waals surface area (Å²) in [7, 11) is 3.18. The van der Waals surface area contributed by atoms with Gasteiger partial charge in [-0.2, -0.15) is 0 Å². The van der Waals surface area contributed by atoms with Crippen molar-refractivity contribution in [2.45, 2.75) is 26.2 Å². The summed E-state index contributed by atoms with van der Waals surface area (Å²) in [5.74, 6) is 1.10. The molecule has 0 aliphatic carbocycles. The number of aromatic nitrogens is 1. The minimum Gasteiger partial charge on any atom is -0.493 e. The average Bonchev–Trinajstić information content (AvgIpc) is 2.80. The SMILES string of the molecule is COc1cc2nc(C(=O)N3CCCCC3)cc(Nc3ccc(C)c(Cl)c3)c2cc1OC. The van der Waals surface area contributed by atoms with E-state index in [1.807, 2.05) is 36.1 Å². The zero-order valence-electron chi connectivity index (χ0n) is 18.0. The van der Waals surface area contributed by atoms with E-state index in [1.54, 1.807) is 26.4 Å². The molecule has 2 aromatic carbocycles. The summed E-state index contributed by atoms with van der Waals surface area (Å²) in [6.07, 6.45) is 3.21. The molecule has 6 nitrogen and oxygen atoms in total. The molecule has 0 saturated carbocycles. The van der Waals surface area contributed by atoms with Crippen molar-refractivity contribution in [2.75, 3.05) is 32.6 Å². The van der Waals surface area contributed by atoms with Crippen LogP contribution in [0.15, 0.2) is 36.4 Å². The number of benzene rings is 2. The Morgan fingerprint density at radius 2 is 1.74 bits per heavy atom. The van der Waals surface area contributed by atoms with Gasteiger partial charge >= 0.3 is 0 Å². The van der Waals surface area contributed by atoms with Crippen LogP contribution in [0.2, 0.25) is 5.02 Å². The Bertz CT molecular complexity index is 1130. The van der Waals surface area contributed by atoms with Gasteiger partial charge in [-0.1, -0.05) is 17.7 Å². The number of nitrogens with one attached hydrogen (secondary N) is 1. The molecule has 1 fully saturated rings. The second kappa shape index (κ2) is 9.02. The molecule has 1 aliphatic heterocycles. The molecule has 0 unspecified atom stereocenters. The molecule has 4 rings (SSSR count). The molecule has 0 atom stereocenters. The quantitative estimate of drug-likeness (QED) is 0.562. The van der Waals surface area contributed by atoms with Crippen molar-refractivity contribution >= 4 is 39.8 Å². The molecule has 0 radical (unpaired) electrons. The Balaban J connectivity index is 1.83. The summed E-state index contributed by atoms with van der Waals surface area (Å²) in [6, 6.07) is 11.3. The molecule has 0 bridgehead atoms. The van der Waals surface area contributed by atoms with Crippen LogP contribution in [0.4, 0.5) is 11.4 Å². The van der Waals surface area contributed by atoms with Crippen LogP contribution >= 0.6 is 11.6 Å². The minimum absolute atomic E-state index is 0.0543. The fraction of sp³-hybridized carbons (Fsp3) is 0.333. The molecule has 2 heterocycles. The maximum atomic E-state index is 13.2. The van der Waals surface area contributed by atoms with Gasteiger partial charge in [0.15, 0.2) is 11.5 Å². The molecule has 0 spiro atoms. The van der Waals surface area contributed by atoms with E-state index in [1.165, 1.54) is 0 Å². The van der Waals surface area contributed by atoms with Crippen LogP contribution in [0.5, 0.6) is 11.5 Å². The van der Waals surface area contributed by atoms with Gasteiger partial charge in [-0.15, -0.1) is 0 Å². The first-order chi connectivity index (χ1) is 15.0. The van der Waals surface area contributed by atoms with E-state index >= 15 is 0 Å². The lowest BCUT2D eigenvalue weighted by molar-refractivity contribution is 0.0719. The van der Waals surface area contributed by atoms with Gasteiger partial charge in [0.25, 0.3) is 5.91 Å². The molecular formula is C24H26ClN3O3. The number of pyridine rings is 1. The van der Waals surface area contributed by atoms with Crippen molar-refractivity contribution in [1.29, 1.82) is 0 Å². The van der Waals surface area contributed by atoms with Crippen LogP contribution in [-0.4, -0.2) is 43.1 Å². The Morgan fingerprint density at radius 3 is 2.42 bits per heavy atom. The van der Waals surface area contributed by atoms with Crippen molar-refractivity contribution in [3.8, 4) is 11.5 Å². The third kappa shape index (κ3) is 4.39. The van der Waals surface area contributed by atoms with E-state index in [0.717, 1.165) is 54.7 Å². The normalized spacial score (nSPS) is 13.9. The van der Waals surface area contributed by atoms with E-state index in [0.29, 0.717) is 27.7 Å². The van der Waals surface area contributed by atoms with Crippen molar-refractivity contribution in [1.82, 2.24) is 9.88 Å². The fourth-order valence-corrected chi connectivity index (χ4v) is 4.03. The molecule has 31 heavy (non-hydrogen) atoms. The second-order valence-electron chi connectivity index (χ2n) is 7.72. The number of methoxy groups -OCH3 is 2. The zero-order chi connectivity index (χ0) is 22.0. The minimum atomic E-state index is -0.0543. The van der Waals surface area contributed by atoms with Crippen LogP contribution < -0.4 is 14.8 Å². The lowest BCUT2D eigenvalue weighted by atomic mass is 10.1. The van der Waals surface area contributed by atoms with Gasteiger partial charge in [0.1, 0.15) is 5.69 Å². The highest BCUT2D eigenvalue weighted by Crippen LogP contribution is 2.36. The monoisotopic (exact) mass is 439 g/mol. The molecule has 3 aromatic rings. The number of anilines is 2. The van der Waals surface area contributed by atoms with Gasteiger partial charge in [-0.3, -0.25) is 4.79 Å². The van der Waals surface area contributed by atoms with Crippen LogP contribution in [0.25, 0.3) is 10.9 Å². The highest BCUT2D eigenvalue weighted by Gasteiger charge is 2.22. The number of likely N-dealkylation sites (tertiary alicyclic amines) is 1. The van der Waals surface area contributed by atoms with Crippen molar-refractivity contribution in [2.24, 2.45) is 0 Å². The van der Waals surface area contributed by atoms with Crippen molar-refractivity contribution in [3.63, 3.8) is 0 Å². The molecule has 162 valence electrons. The number of amides is 1. The number of hydrogen-bond acceptors (Lipinski definition) is 5. The number of fused-ring (bicyclic) bond motifs is 1. The molecule has 1 aliphatic rings. The fourth-order valence-electron chi connectivity index (χ4n) is 3.85. The van der Waals surface area contributed by atoms with E-state index in [2.05, 4.69) is 10.3 Å². The van der Waals surface area contributed by atoms with Crippen molar-refractivity contribution in [3.05, 3.63) is 52.7 Å². The Morgan fingerprint density at radius 1 is 1.03 bits per heavy atom. The van der Waals surface area contributed by atoms with Gasteiger partial charge in [-0.05, 0) is 56.0 Å². The van der Waals surface area contributed by atoms with Crippen LogP contribution in [0.1, 0.15) is 35.3 Å². The second-order valence-corrected chi connectivity index (χ2v) is 8.13. The topological polar surface area (TPSA) is 63.7 Å². The number of ether oxygens (including phenoxy) is 2. The van der Waals surface area contributed by atoms with E-state index in [-0.39, 0.29) is 5.91 Å². The molecule has 1 aromatic heterocycles. The first-order valence-electron chi connectivity index (χ1n) is 10.4. The van der Waals surface area contributed by atoms with Gasteiger partial charge in [0.05, 0.1) is 25.4 Å². The lowest BCUT2D eigenvalue weighted by Gasteiger charge is -2.26. The molecule has 7 heteroatoms. The number of halogens is 1. The number of carbonyl (C=O) groups is 1. The number of rotatable bonds is 5. The average molecular weight is 440 g/mol. The predicted octanol–water partition coefficient (Wildman–Crippen LogP) is 5.58. The summed E-state index contributed by atoms with van der Waals surface area (Å²) in [5, 5.41) is 4.91. The van der Waals surface area contributed by atoms with Crippen molar-refractivity contribution < 1.29 is 14.3 Å². The smallest absolute Gasteiger partial charge is 0.272 e. The standard InChI is InChI=1S/C24H26ClN3O3/c1-15-7-8-16(11-18(15)25)26-19-13-21(24(29)28-9-5-4-6-10-28)27-20-14-23(31-3)22(30-2)12-17(19)20/h7-8,11-14H,4-6,9-10H2,1-3H3,(H,26,27). The third-order valence-corrected chi connectivity index (χ3v) is 6.03. The highest BCUT2D eigenvalue weighted by atomic mass is 35.5. The Hall–Kier alpha value is -2.99. The first-order valence-corrected chi connectivity index (χ1v) is 10.8.